The Balaban J connectivity index is 1.65. The number of rotatable bonds is 6. The summed E-state index contributed by atoms with van der Waals surface area (Å²) >= 11 is 1.61. The normalized spacial score (nSPS) is 11.9. The van der Waals surface area contributed by atoms with E-state index in [-0.39, 0.29) is 11.9 Å². The van der Waals surface area contributed by atoms with Gasteiger partial charge in [0.15, 0.2) is 0 Å². The van der Waals surface area contributed by atoms with Gasteiger partial charge in [0.1, 0.15) is 5.01 Å². The Kier molecular flexibility index (Phi) is 5.56. The number of benzene rings is 1. The quantitative estimate of drug-likeness (QED) is 0.719. The summed E-state index contributed by atoms with van der Waals surface area (Å²) in [5.74, 6) is 0.0232. The lowest BCUT2D eigenvalue weighted by Gasteiger charge is -2.12. The largest absolute Gasteiger partial charge is 0.354 e. The van der Waals surface area contributed by atoms with Crippen LogP contribution in [0.5, 0.6) is 0 Å². The monoisotopic (exact) mass is 351 g/mol. The lowest BCUT2D eigenvalue weighted by molar-refractivity contribution is -0.119. The number of pyridine rings is 1. The van der Waals surface area contributed by atoms with Gasteiger partial charge in [-0.2, -0.15) is 0 Å². The molecular weight excluding hydrogens is 330 g/mol. The number of aryl methyl sites for hydroxylation is 1. The molecular formula is C20H21N3OS. The molecule has 25 heavy (non-hydrogen) atoms. The molecule has 1 amide bonds. The molecule has 0 bridgehead atoms. The second-order valence-corrected chi connectivity index (χ2v) is 6.95. The van der Waals surface area contributed by atoms with Gasteiger partial charge in [-0.1, -0.05) is 30.3 Å². The van der Waals surface area contributed by atoms with Crippen LogP contribution in [0.4, 0.5) is 0 Å². The van der Waals surface area contributed by atoms with Gasteiger partial charge < -0.3 is 5.32 Å². The summed E-state index contributed by atoms with van der Waals surface area (Å²) in [6.45, 7) is 3.59. The van der Waals surface area contributed by atoms with E-state index in [1.807, 2.05) is 25.1 Å². The predicted molar refractivity (Wildman–Crippen MR) is 102 cm³/mol. The van der Waals surface area contributed by atoms with Crippen LogP contribution in [0.15, 0.2) is 54.0 Å². The summed E-state index contributed by atoms with van der Waals surface area (Å²) in [5, 5.41) is 5.92. The Morgan fingerprint density at radius 3 is 2.64 bits per heavy atom. The maximum Gasteiger partial charge on any atom is 0.217 e. The van der Waals surface area contributed by atoms with E-state index in [4.69, 9.17) is 4.98 Å². The summed E-state index contributed by atoms with van der Waals surface area (Å²) in [6, 6.07) is 14.5. The minimum Gasteiger partial charge on any atom is -0.354 e. The lowest BCUT2D eigenvalue weighted by atomic mass is 10.0. The first kappa shape index (κ1) is 17.3. The molecule has 0 aliphatic carbocycles. The highest BCUT2D eigenvalue weighted by atomic mass is 32.1. The molecule has 4 nitrogen and oxygen atoms in total. The van der Waals surface area contributed by atoms with Gasteiger partial charge in [-0.3, -0.25) is 9.78 Å². The zero-order chi connectivity index (χ0) is 17.6. The van der Waals surface area contributed by atoms with Gasteiger partial charge in [-0.15, -0.1) is 11.3 Å². The van der Waals surface area contributed by atoms with Crippen LogP contribution < -0.4 is 5.32 Å². The second kappa shape index (κ2) is 8.03. The first-order valence-corrected chi connectivity index (χ1v) is 9.23. The highest BCUT2D eigenvalue weighted by molar-refractivity contribution is 7.13. The van der Waals surface area contributed by atoms with Crippen molar-refractivity contribution in [2.24, 2.45) is 0 Å². The van der Waals surface area contributed by atoms with Crippen molar-refractivity contribution in [3.8, 4) is 22.0 Å². The number of hydrogen-bond donors (Lipinski definition) is 1. The zero-order valence-electron chi connectivity index (χ0n) is 14.4. The highest BCUT2D eigenvalue weighted by Crippen LogP contribution is 2.27. The molecule has 5 heteroatoms. The van der Waals surface area contributed by atoms with Gasteiger partial charge in [0.2, 0.25) is 5.91 Å². The maximum absolute atomic E-state index is 11.0. The molecule has 3 aromatic rings. The summed E-state index contributed by atoms with van der Waals surface area (Å²) in [5.41, 5.74) is 4.25. The molecule has 0 saturated heterocycles. The van der Waals surface area contributed by atoms with Crippen LogP contribution in [0.1, 0.15) is 25.8 Å². The number of amides is 1. The number of carbonyl (C=O) groups excluding carboxylic acids is 1. The number of nitrogens with one attached hydrogen (secondary N) is 1. The average Bonchev–Trinajstić information content (AvgIpc) is 3.11. The average molecular weight is 351 g/mol. The third-order valence-corrected chi connectivity index (χ3v) is 4.82. The Bertz CT molecular complexity index is 828. The SMILES string of the molecule is CC(=O)NC(C)CCc1ccc(-c2csc(-c3ccccn3)n2)cc1. The van der Waals surface area contributed by atoms with Crippen molar-refractivity contribution in [3.63, 3.8) is 0 Å². The van der Waals surface area contributed by atoms with Crippen LogP contribution in [0.3, 0.4) is 0 Å². The van der Waals surface area contributed by atoms with Crippen molar-refractivity contribution in [1.29, 1.82) is 0 Å². The number of thiazole rings is 1. The van der Waals surface area contributed by atoms with E-state index in [1.54, 1.807) is 24.5 Å². The van der Waals surface area contributed by atoms with E-state index < -0.39 is 0 Å². The van der Waals surface area contributed by atoms with E-state index in [2.05, 4.69) is 39.9 Å². The van der Waals surface area contributed by atoms with Crippen LogP contribution in [-0.2, 0) is 11.2 Å². The van der Waals surface area contributed by atoms with Gasteiger partial charge in [0.05, 0.1) is 11.4 Å². The van der Waals surface area contributed by atoms with Gasteiger partial charge >= 0.3 is 0 Å². The fourth-order valence-corrected chi connectivity index (χ4v) is 3.46. The molecule has 1 N–H and O–H groups in total. The van der Waals surface area contributed by atoms with E-state index in [1.165, 1.54) is 5.56 Å². The molecule has 0 aliphatic heterocycles. The van der Waals surface area contributed by atoms with Gasteiger partial charge in [0.25, 0.3) is 0 Å². The third kappa shape index (κ3) is 4.73. The molecule has 2 aromatic heterocycles. The molecule has 1 unspecified atom stereocenters. The zero-order valence-corrected chi connectivity index (χ0v) is 15.2. The molecule has 2 heterocycles. The Hall–Kier alpha value is -2.53. The van der Waals surface area contributed by atoms with E-state index in [9.17, 15) is 4.79 Å². The van der Waals surface area contributed by atoms with Crippen molar-refractivity contribution in [1.82, 2.24) is 15.3 Å². The van der Waals surface area contributed by atoms with Crippen LogP contribution in [0, 0.1) is 0 Å². The summed E-state index contributed by atoms with van der Waals surface area (Å²) in [6.07, 6.45) is 3.66. The fourth-order valence-electron chi connectivity index (χ4n) is 2.66. The molecule has 1 atom stereocenters. The Labute approximate surface area is 152 Å². The van der Waals surface area contributed by atoms with Gasteiger partial charge in [-0.25, -0.2) is 4.98 Å². The molecule has 0 radical (unpaired) electrons. The van der Waals surface area contributed by atoms with Crippen LogP contribution >= 0.6 is 11.3 Å². The van der Waals surface area contributed by atoms with Gasteiger partial charge in [0, 0.05) is 30.1 Å². The standard InChI is InChI=1S/C20H21N3OS/c1-14(22-15(2)24)6-7-16-8-10-17(11-9-16)19-13-25-20(23-19)18-5-3-4-12-21-18/h3-5,8-14H,6-7H2,1-2H3,(H,22,24). The number of hydrogen-bond acceptors (Lipinski definition) is 4. The summed E-state index contributed by atoms with van der Waals surface area (Å²) in [7, 11) is 0. The predicted octanol–water partition coefficient (Wildman–Crippen LogP) is 4.33. The molecule has 0 aliphatic rings. The lowest BCUT2D eigenvalue weighted by Crippen LogP contribution is -2.30. The fraction of sp³-hybridized carbons (Fsp3) is 0.250. The molecule has 0 fully saturated rings. The van der Waals surface area contributed by atoms with Crippen LogP contribution in [0.2, 0.25) is 0 Å². The highest BCUT2D eigenvalue weighted by Gasteiger charge is 2.08. The smallest absolute Gasteiger partial charge is 0.217 e. The molecule has 0 saturated carbocycles. The maximum atomic E-state index is 11.0. The topological polar surface area (TPSA) is 54.9 Å². The minimum absolute atomic E-state index is 0.0232. The number of aromatic nitrogens is 2. The molecule has 0 spiro atoms. The van der Waals surface area contributed by atoms with Crippen molar-refractivity contribution < 1.29 is 4.79 Å². The van der Waals surface area contributed by atoms with Crippen LogP contribution in [-0.4, -0.2) is 21.9 Å². The van der Waals surface area contributed by atoms with Crippen molar-refractivity contribution in [3.05, 3.63) is 59.6 Å². The van der Waals surface area contributed by atoms with Crippen molar-refractivity contribution in [2.75, 3.05) is 0 Å². The second-order valence-electron chi connectivity index (χ2n) is 6.09. The van der Waals surface area contributed by atoms with E-state index >= 15 is 0 Å². The Morgan fingerprint density at radius 2 is 1.96 bits per heavy atom. The first-order valence-electron chi connectivity index (χ1n) is 8.35. The summed E-state index contributed by atoms with van der Waals surface area (Å²) < 4.78 is 0. The third-order valence-electron chi connectivity index (χ3n) is 3.95. The number of carbonyl (C=O) groups is 1. The minimum atomic E-state index is 0.0232. The molecule has 3 rings (SSSR count). The van der Waals surface area contributed by atoms with E-state index in [0.29, 0.717) is 0 Å². The Morgan fingerprint density at radius 1 is 1.16 bits per heavy atom. The molecule has 1 aromatic carbocycles. The first-order chi connectivity index (χ1) is 12.1. The molecule has 128 valence electrons. The van der Waals surface area contributed by atoms with E-state index in [0.717, 1.165) is 34.8 Å². The van der Waals surface area contributed by atoms with Crippen molar-refractivity contribution >= 4 is 17.2 Å². The number of nitrogens with zero attached hydrogens (tertiary/aromatic N) is 2. The van der Waals surface area contributed by atoms with Gasteiger partial charge in [-0.05, 0) is 37.5 Å². The summed E-state index contributed by atoms with van der Waals surface area (Å²) in [4.78, 5) is 20.1. The van der Waals surface area contributed by atoms with Crippen LogP contribution in [0.25, 0.3) is 22.0 Å². The van der Waals surface area contributed by atoms with Crippen molar-refractivity contribution in [2.45, 2.75) is 32.7 Å².